The molecule has 0 aliphatic rings. The first-order valence-corrected chi connectivity index (χ1v) is 7.19. The highest BCUT2D eigenvalue weighted by atomic mass is 15.1. The van der Waals surface area contributed by atoms with Crippen LogP contribution in [0.4, 0.5) is 0 Å². The Bertz CT molecular complexity index is 166. The Hall–Kier alpha value is -0.340. The van der Waals surface area contributed by atoms with Crippen molar-refractivity contribution in [2.24, 2.45) is 0 Å². The van der Waals surface area contributed by atoms with Crippen molar-refractivity contribution in [3.63, 3.8) is 0 Å². The van der Waals surface area contributed by atoms with Crippen LogP contribution in [0, 0.1) is 0 Å². The number of rotatable bonds is 12. The maximum Gasteiger partial charge on any atom is 0.00792 e. The summed E-state index contributed by atoms with van der Waals surface area (Å²) in [5.74, 6) is 0. The zero-order chi connectivity index (χ0) is 12.9. The van der Waals surface area contributed by atoms with Crippen LogP contribution in [0.5, 0.6) is 0 Å². The summed E-state index contributed by atoms with van der Waals surface area (Å²) in [7, 11) is 4.31. The van der Waals surface area contributed by atoms with Gasteiger partial charge >= 0.3 is 0 Å². The predicted octanol–water partition coefficient (Wildman–Crippen LogP) is 3.44. The van der Waals surface area contributed by atoms with Gasteiger partial charge in [-0.1, -0.05) is 25.8 Å². The van der Waals surface area contributed by atoms with Crippen molar-refractivity contribution in [3.8, 4) is 0 Å². The molecule has 1 N–H and O–H groups in total. The summed E-state index contributed by atoms with van der Waals surface area (Å²) in [5.41, 5.74) is 0. The van der Waals surface area contributed by atoms with Gasteiger partial charge in [-0.2, -0.15) is 0 Å². The topological polar surface area (TPSA) is 15.3 Å². The summed E-state index contributed by atoms with van der Waals surface area (Å²) in [6.07, 6.45) is 11.0. The van der Waals surface area contributed by atoms with Crippen molar-refractivity contribution in [2.45, 2.75) is 57.9 Å². The zero-order valence-electron chi connectivity index (χ0n) is 12.2. The van der Waals surface area contributed by atoms with Crippen LogP contribution in [0.1, 0.15) is 51.9 Å². The molecule has 102 valence electrons. The summed E-state index contributed by atoms with van der Waals surface area (Å²) in [6.45, 7) is 8.35. The van der Waals surface area contributed by atoms with Crippen molar-refractivity contribution in [1.82, 2.24) is 10.2 Å². The molecule has 0 fully saturated rings. The summed E-state index contributed by atoms with van der Waals surface area (Å²) in [6, 6.07) is 0.709. The third-order valence-electron chi connectivity index (χ3n) is 3.07. The van der Waals surface area contributed by atoms with Gasteiger partial charge in [0.05, 0.1) is 0 Å². The average molecular weight is 240 g/mol. The van der Waals surface area contributed by atoms with Crippen LogP contribution in [0.2, 0.25) is 0 Å². The average Bonchev–Trinajstić information content (AvgIpc) is 2.31. The highest BCUT2D eigenvalue weighted by molar-refractivity contribution is 4.69. The molecule has 0 aliphatic heterocycles. The SMILES string of the molecule is C=CCCCCCC(CCN(C)C)NCCC. The second kappa shape index (κ2) is 12.1. The molecule has 17 heavy (non-hydrogen) atoms. The van der Waals surface area contributed by atoms with Gasteiger partial charge in [0, 0.05) is 6.04 Å². The molecule has 0 spiro atoms. The van der Waals surface area contributed by atoms with E-state index in [0.717, 1.165) is 6.54 Å². The first-order chi connectivity index (χ1) is 8.20. The Balaban J connectivity index is 3.64. The van der Waals surface area contributed by atoms with E-state index in [1.54, 1.807) is 0 Å². The fourth-order valence-electron chi connectivity index (χ4n) is 1.97. The molecule has 0 bridgehead atoms. The van der Waals surface area contributed by atoms with E-state index in [4.69, 9.17) is 0 Å². The molecular formula is C15H32N2. The van der Waals surface area contributed by atoms with Crippen LogP contribution in [-0.4, -0.2) is 38.1 Å². The van der Waals surface area contributed by atoms with Gasteiger partial charge in [0.15, 0.2) is 0 Å². The van der Waals surface area contributed by atoms with E-state index >= 15 is 0 Å². The Labute approximate surface area is 108 Å². The lowest BCUT2D eigenvalue weighted by Crippen LogP contribution is -2.32. The molecule has 0 radical (unpaired) electrons. The van der Waals surface area contributed by atoms with Crippen LogP contribution in [0.15, 0.2) is 12.7 Å². The molecule has 0 aromatic rings. The van der Waals surface area contributed by atoms with Crippen LogP contribution in [-0.2, 0) is 0 Å². The maximum atomic E-state index is 3.76. The standard InChI is InChI=1S/C15H32N2/c1-5-7-8-9-10-11-15(16-13-6-2)12-14-17(3)4/h5,15-16H,1,6-14H2,2-4H3. The third kappa shape index (κ3) is 11.9. The molecule has 1 atom stereocenters. The van der Waals surface area contributed by atoms with Gasteiger partial charge in [-0.15, -0.1) is 6.58 Å². The van der Waals surface area contributed by atoms with Gasteiger partial charge in [0.25, 0.3) is 0 Å². The Morgan fingerprint density at radius 2 is 1.94 bits per heavy atom. The van der Waals surface area contributed by atoms with E-state index in [2.05, 4.69) is 37.8 Å². The minimum atomic E-state index is 0.709. The fourth-order valence-corrected chi connectivity index (χ4v) is 1.97. The number of hydrogen-bond donors (Lipinski definition) is 1. The minimum Gasteiger partial charge on any atom is -0.314 e. The lowest BCUT2D eigenvalue weighted by Gasteiger charge is -2.20. The molecule has 2 nitrogen and oxygen atoms in total. The molecule has 0 aliphatic carbocycles. The molecule has 2 heteroatoms. The Morgan fingerprint density at radius 3 is 2.53 bits per heavy atom. The zero-order valence-corrected chi connectivity index (χ0v) is 12.2. The van der Waals surface area contributed by atoms with Gasteiger partial charge < -0.3 is 10.2 Å². The number of unbranched alkanes of at least 4 members (excludes halogenated alkanes) is 3. The van der Waals surface area contributed by atoms with E-state index in [-0.39, 0.29) is 0 Å². The largest absolute Gasteiger partial charge is 0.314 e. The molecule has 1 unspecified atom stereocenters. The number of allylic oxidation sites excluding steroid dienone is 1. The monoisotopic (exact) mass is 240 g/mol. The van der Waals surface area contributed by atoms with E-state index < -0.39 is 0 Å². The van der Waals surface area contributed by atoms with Gasteiger partial charge in [0.1, 0.15) is 0 Å². The molecule has 0 saturated heterocycles. The first-order valence-electron chi connectivity index (χ1n) is 7.19. The summed E-state index contributed by atoms with van der Waals surface area (Å²) < 4.78 is 0. The fraction of sp³-hybridized carbons (Fsp3) is 0.867. The molecule has 0 aromatic carbocycles. The number of hydrogen-bond acceptors (Lipinski definition) is 2. The van der Waals surface area contributed by atoms with E-state index in [9.17, 15) is 0 Å². The minimum absolute atomic E-state index is 0.709. The van der Waals surface area contributed by atoms with E-state index in [1.165, 1.54) is 51.5 Å². The maximum absolute atomic E-state index is 3.76. The van der Waals surface area contributed by atoms with Crippen molar-refractivity contribution in [3.05, 3.63) is 12.7 Å². The number of nitrogens with zero attached hydrogens (tertiary/aromatic N) is 1. The quantitative estimate of drug-likeness (QED) is 0.415. The molecule has 0 aromatic heterocycles. The number of nitrogens with one attached hydrogen (secondary N) is 1. The molecule has 0 rings (SSSR count). The molecule has 0 saturated carbocycles. The first kappa shape index (κ1) is 16.7. The Kier molecular flexibility index (Phi) is 11.9. The van der Waals surface area contributed by atoms with Crippen molar-refractivity contribution < 1.29 is 0 Å². The van der Waals surface area contributed by atoms with Crippen molar-refractivity contribution in [1.29, 1.82) is 0 Å². The molecular weight excluding hydrogens is 208 g/mol. The summed E-state index contributed by atoms with van der Waals surface area (Å²) in [5, 5.41) is 3.67. The smallest absolute Gasteiger partial charge is 0.00792 e. The summed E-state index contributed by atoms with van der Waals surface area (Å²) in [4.78, 5) is 2.28. The second-order valence-corrected chi connectivity index (χ2v) is 5.17. The van der Waals surface area contributed by atoms with Crippen molar-refractivity contribution in [2.75, 3.05) is 27.2 Å². The highest BCUT2D eigenvalue weighted by Crippen LogP contribution is 2.09. The van der Waals surface area contributed by atoms with Gasteiger partial charge in [-0.05, 0) is 59.3 Å². The van der Waals surface area contributed by atoms with E-state index in [1.807, 2.05) is 6.08 Å². The second-order valence-electron chi connectivity index (χ2n) is 5.17. The lowest BCUT2D eigenvalue weighted by atomic mass is 10.0. The molecule has 0 amide bonds. The van der Waals surface area contributed by atoms with E-state index in [0.29, 0.717) is 6.04 Å². The summed E-state index contributed by atoms with van der Waals surface area (Å²) >= 11 is 0. The Morgan fingerprint density at radius 1 is 1.18 bits per heavy atom. The van der Waals surface area contributed by atoms with Gasteiger partial charge in [-0.25, -0.2) is 0 Å². The third-order valence-corrected chi connectivity index (χ3v) is 3.07. The predicted molar refractivity (Wildman–Crippen MR) is 78.5 cm³/mol. The molecule has 0 heterocycles. The van der Waals surface area contributed by atoms with Crippen molar-refractivity contribution >= 4 is 0 Å². The van der Waals surface area contributed by atoms with Crippen LogP contribution < -0.4 is 5.32 Å². The van der Waals surface area contributed by atoms with Crippen LogP contribution in [0.25, 0.3) is 0 Å². The van der Waals surface area contributed by atoms with Gasteiger partial charge in [-0.3, -0.25) is 0 Å². The lowest BCUT2D eigenvalue weighted by molar-refractivity contribution is 0.344. The van der Waals surface area contributed by atoms with Crippen LogP contribution >= 0.6 is 0 Å². The normalized spacial score (nSPS) is 12.9. The highest BCUT2D eigenvalue weighted by Gasteiger charge is 2.07. The van der Waals surface area contributed by atoms with Crippen LogP contribution in [0.3, 0.4) is 0 Å². The van der Waals surface area contributed by atoms with Gasteiger partial charge in [0.2, 0.25) is 0 Å².